The molecule has 0 atom stereocenters. The monoisotopic (exact) mass is 361 g/mol. The van der Waals surface area contributed by atoms with Crippen LogP contribution in [0.5, 0.6) is 0 Å². The minimum atomic E-state index is -0.150. The minimum Gasteiger partial charge on any atom is -0.350 e. The van der Waals surface area contributed by atoms with Gasteiger partial charge in [0.25, 0.3) is 11.5 Å². The molecule has 114 valence electrons. The number of rotatable bonds is 5. The van der Waals surface area contributed by atoms with E-state index in [0.29, 0.717) is 24.6 Å². The van der Waals surface area contributed by atoms with E-state index < -0.39 is 0 Å². The highest BCUT2D eigenvalue weighted by Crippen LogP contribution is 2.38. The van der Waals surface area contributed by atoms with E-state index in [0.717, 1.165) is 23.0 Å². The molecule has 0 saturated heterocycles. The van der Waals surface area contributed by atoms with E-state index in [1.165, 1.54) is 4.57 Å². The van der Waals surface area contributed by atoms with E-state index in [1.54, 1.807) is 24.5 Å². The van der Waals surface area contributed by atoms with Crippen LogP contribution < -0.4 is 10.9 Å². The van der Waals surface area contributed by atoms with Crippen molar-refractivity contribution in [3.05, 3.63) is 62.7 Å². The summed E-state index contributed by atoms with van der Waals surface area (Å²) in [4.78, 5) is 28.2. The average Bonchev–Trinajstić information content (AvgIpc) is 3.34. The second-order valence-electron chi connectivity index (χ2n) is 5.38. The molecular formula is C16H16BrN3O2. The van der Waals surface area contributed by atoms with Crippen molar-refractivity contribution < 1.29 is 4.79 Å². The summed E-state index contributed by atoms with van der Waals surface area (Å²) in [7, 11) is 0. The zero-order valence-electron chi connectivity index (χ0n) is 12.0. The van der Waals surface area contributed by atoms with Crippen molar-refractivity contribution in [1.29, 1.82) is 0 Å². The molecule has 0 bridgehead atoms. The second kappa shape index (κ2) is 6.44. The first kappa shape index (κ1) is 15.0. The van der Waals surface area contributed by atoms with E-state index in [1.807, 2.05) is 12.1 Å². The molecule has 1 aromatic heterocycles. The van der Waals surface area contributed by atoms with Crippen LogP contribution in [0.25, 0.3) is 0 Å². The van der Waals surface area contributed by atoms with Crippen LogP contribution in [0.2, 0.25) is 0 Å². The fourth-order valence-electron chi connectivity index (χ4n) is 2.20. The maximum absolute atomic E-state index is 12.0. The van der Waals surface area contributed by atoms with Crippen LogP contribution in [0.4, 0.5) is 0 Å². The Labute approximate surface area is 136 Å². The number of carbonyl (C=O) groups is 1. The summed E-state index contributed by atoms with van der Waals surface area (Å²) in [6, 6.07) is 8.74. The van der Waals surface area contributed by atoms with Crippen molar-refractivity contribution in [1.82, 2.24) is 14.9 Å². The Morgan fingerprint density at radius 2 is 2.05 bits per heavy atom. The Balaban J connectivity index is 1.55. The first-order valence-corrected chi connectivity index (χ1v) is 8.03. The van der Waals surface area contributed by atoms with Gasteiger partial charge in [-0.3, -0.25) is 14.2 Å². The normalized spacial score (nSPS) is 13.9. The summed E-state index contributed by atoms with van der Waals surface area (Å²) in [6.07, 6.45) is 3.82. The Morgan fingerprint density at radius 1 is 1.32 bits per heavy atom. The third kappa shape index (κ3) is 3.62. The first-order chi connectivity index (χ1) is 10.6. The van der Waals surface area contributed by atoms with Gasteiger partial charge < -0.3 is 5.32 Å². The van der Waals surface area contributed by atoms with E-state index in [9.17, 15) is 9.59 Å². The van der Waals surface area contributed by atoms with Crippen LogP contribution in [-0.2, 0) is 6.54 Å². The molecule has 22 heavy (non-hydrogen) atoms. The molecule has 1 heterocycles. The van der Waals surface area contributed by atoms with E-state index in [2.05, 4.69) is 26.2 Å². The van der Waals surface area contributed by atoms with Crippen molar-refractivity contribution in [2.75, 3.05) is 6.54 Å². The van der Waals surface area contributed by atoms with Crippen LogP contribution in [-0.4, -0.2) is 22.0 Å². The summed E-state index contributed by atoms with van der Waals surface area (Å²) in [5.74, 6) is 0.322. The van der Waals surface area contributed by atoms with Crippen molar-refractivity contribution >= 4 is 21.8 Å². The molecule has 5 nitrogen and oxygen atoms in total. The number of carbonyl (C=O) groups excluding carboxylic acids is 1. The molecule has 1 aromatic carbocycles. The molecular weight excluding hydrogens is 346 g/mol. The lowest BCUT2D eigenvalue weighted by atomic mass is 10.2. The lowest BCUT2D eigenvalue weighted by Crippen LogP contribution is -2.31. The predicted octanol–water partition coefficient (Wildman–Crippen LogP) is 2.31. The van der Waals surface area contributed by atoms with Gasteiger partial charge in [-0.15, -0.1) is 0 Å². The van der Waals surface area contributed by atoms with Crippen LogP contribution in [0, 0.1) is 0 Å². The fourth-order valence-corrected chi connectivity index (χ4v) is 2.47. The Kier molecular flexibility index (Phi) is 4.38. The summed E-state index contributed by atoms with van der Waals surface area (Å²) in [5, 5.41) is 2.80. The molecule has 1 aliphatic carbocycles. The van der Waals surface area contributed by atoms with Gasteiger partial charge in [-0.1, -0.05) is 15.9 Å². The number of nitrogens with one attached hydrogen (secondary N) is 1. The third-order valence-electron chi connectivity index (χ3n) is 3.64. The van der Waals surface area contributed by atoms with Crippen LogP contribution in [0.3, 0.4) is 0 Å². The van der Waals surface area contributed by atoms with Gasteiger partial charge in [0.2, 0.25) is 0 Å². The predicted molar refractivity (Wildman–Crippen MR) is 86.9 cm³/mol. The Morgan fingerprint density at radius 3 is 2.68 bits per heavy atom. The highest BCUT2D eigenvalue weighted by molar-refractivity contribution is 9.10. The van der Waals surface area contributed by atoms with Gasteiger partial charge in [0.15, 0.2) is 0 Å². The Bertz CT molecular complexity index is 736. The number of amides is 1. The zero-order valence-corrected chi connectivity index (χ0v) is 13.5. The molecule has 1 N–H and O–H groups in total. The fraction of sp³-hybridized carbons (Fsp3) is 0.312. The number of hydrogen-bond donors (Lipinski definition) is 1. The number of hydrogen-bond acceptors (Lipinski definition) is 3. The molecule has 6 heteroatoms. The standard InChI is InChI=1S/C16H16BrN3O2/c17-13-5-3-12(4-6-13)16(22)18-7-8-20-10-19-14(9-15(20)21)11-1-2-11/h3-6,9-11H,1-2,7-8H2,(H,18,22). The number of benzene rings is 1. The number of nitrogens with zero attached hydrogens (tertiary/aromatic N) is 2. The molecule has 1 amide bonds. The van der Waals surface area contributed by atoms with Crippen molar-refractivity contribution in [3.8, 4) is 0 Å². The van der Waals surface area contributed by atoms with Gasteiger partial charge in [0.05, 0.1) is 12.0 Å². The van der Waals surface area contributed by atoms with E-state index >= 15 is 0 Å². The maximum Gasteiger partial charge on any atom is 0.253 e. The summed E-state index contributed by atoms with van der Waals surface area (Å²) in [5.41, 5.74) is 1.42. The first-order valence-electron chi connectivity index (χ1n) is 7.23. The van der Waals surface area contributed by atoms with Crippen LogP contribution in [0.1, 0.15) is 34.8 Å². The second-order valence-corrected chi connectivity index (χ2v) is 6.30. The molecule has 0 aliphatic heterocycles. The zero-order chi connectivity index (χ0) is 15.5. The molecule has 0 radical (unpaired) electrons. The maximum atomic E-state index is 12.0. The van der Waals surface area contributed by atoms with E-state index in [4.69, 9.17) is 0 Å². The van der Waals surface area contributed by atoms with Crippen LogP contribution >= 0.6 is 15.9 Å². The largest absolute Gasteiger partial charge is 0.350 e. The molecule has 1 saturated carbocycles. The molecule has 3 rings (SSSR count). The lowest BCUT2D eigenvalue weighted by Gasteiger charge is -2.08. The molecule has 0 spiro atoms. The summed E-state index contributed by atoms with van der Waals surface area (Å²) >= 11 is 3.33. The number of aromatic nitrogens is 2. The molecule has 2 aromatic rings. The highest BCUT2D eigenvalue weighted by atomic mass is 79.9. The molecule has 1 fully saturated rings. The van der Waals surface area contributed by atoms with Gasteiger partial charge in [-0.2, -0.15) is 0 Å². The highest BCUT2D eigenvalue weighted by Gasteiger charge is 2.25. The summed E-state index contributed by atoms with van der Waals surface area (Å²) < 4.78 is 2.45. The van der Waals surface area contributed by atoms with Crippen molar-refractivity contribution in [3.63, 3.8) is 0 Å². The van der Waals surface area contributed by atoms with Crippen LogP contribution in [0.15, 0.2) is 45.9 Å². The van der Waals surface area contributed by atoms with Gasteiger partial charge >= 0.3 is 0 Å². The summed E-state index contributed by atoms with van der Waals surface area (Å²) in [6.45, 7) is 0.804. The lowest BCUT2D eigenvalue weighted by molar-refractivity contribution is 0.0952. The van der Waals surface area contributed by atoms with Gasteiger partial charge in [-0.05, 0) is 37.1 Å². The Hall–Kier alpha value is -1.95. The topological polar surface area (TPSA) is 64.0 Å². The van der Waals surface area contributed by atoms with Gasteiger partial charge in [0.1, 0.15) is 0 Å². The minimum absolute atomic E-state index is 0.0604. The van der Waals surface area contributed by atoms with Gasteiger partial charge in [-0.25, -0.2) is 4.98 Å². The van der Waals surface area contributed by atoms with Gasteiger partial charge in [0, 0.05) is 35.1 Å². The smallest absolute Gasteiger partial charge is 0.253 e. The third-order valence-corrected chi connectivity index (χ3v) is 4.17. The quantitative estimate of drug-likeness (QED) is 0.888. The van der Waals surface area contributed by atoms with E-state index in [-0.39, 0.29) is 11.5 Å². The van der Waals surface area contributed by atoms with Crippen molar-refractivity contribution in [2.45, 2.75) is 25.3 Å². The molecule has 0 unspecified atom stereocenters. The van der Waals surface area contributed by atoms with Crippen molar-refractivity contribution in [2.24, 2.45) is 0 Å². The number of halogens is 1. The molecule has 1 aliphatic rings. The SMILES string of the molecule is O=C(NCCn1cnc(C2CC2)cc1=O)c1ccc(Br)cc1. The average molecular weight is 362 g/mol.